The van der Waals surface area contributed by atoms with Crippen molar-refractivity contribution in [2.75, 3.05) is 0 Å². The molecular weight excluding hydrogens is 200 g/mol. The molecule has 1 aliphatic rings. The van der Waals surface area contributed by atoms with Gasteiger partial charge in [0, 0.05) is 0 Å². The summed E-state index contributed by atoms with van der Waals surface area (Å²) in [6.07, 6.45) is 5.09. The number of nitrogens with zero attached hydrogens (tertiary/aromatic N) is 4. The first-order valence-corrected chi connectivity index (χ1v) is 4.92. The Labute approximate surface area is 91.8 Å². The van der Waals surface area contributed by atoms with Crippen LogP contribution in [0.2, 0.25) is 0 Å². The first kappa shape index (κ1) is 8.91. The summed E-state index contributed by atoms with van der Waals surface area (Å²) in [5, 5.41) is 0.727. The number of aromatic nitrogens is 2. The molecule has 0 saturated carbocycles. The maximum absolute atomic E-state index is 4.29. The van der Waals surface area contributed by atoms with Crippen molar-refractivity contribution >= 4 is 18.2 Å². The molecule has 0 unspecified atom stereocenters. The molecule has 0 spiro atoms. The zero-order valence-electron chi connectivity index (χ0n) is 8.41. The molecule has 0 aliphatic carbocycles. The van der Waals surface area contributed by atoms with Gasteiger partial charge in [-0.25, -0.2) is 20.0 Å². The maximum atomic E-state index is 4.29. The van der Waals surface area contributed by atoms with Gasteiger partial charge in [0.25, 0.3) is 0 Å². The Morgan fingerprint density at radius 3 is 2.81 bits per heavy atom. The van der Waals surface area contributed by atoms with Crippen molar-refractivity contribution in [2.24, 2.45) is 9.98 Å². The van der Waals surface area contributed by atoms with E-state index in [4.69, 9.17) is 0 Å². The minimum atomic E-state index is 0.636. The first-order valence-electron chi connectivity index (χ1n) is 4.92. The zero-order chi connectivity index (χ0) is 10.8. The third-order valence-corrected chi connectivity index (χ3v) is 2.24. The van der Waals surface area contributed by atoms with E-state index < -0.39 is 0 Å². The van der Waals surface area contributed by atoms with Crippen LogP contribution < -0.4 is 10.8 Å². The minimum Gasteiger partial charge on any atom is -0.235 e. The molecule has 1 aromatic carbocycles. The SMILES string of the molecule is C1=Nc2nc(=Cc3ccccc3)ncc2=N1. The second kappa shape index (κ2) is 3.66. The van der Waals surface area contributed by atoms with Crippen LogP contribution in [0.4, 0.5) is 5.82 Å². The van der Waals surface area contributed by atoms with Crippen LogP contribution in [-0.2, 0) is 0 Å². The molecule has 0 bridgehead atoms. The van der Waals surface area contributed by atoms with Gasteiger partial charge < -0.3 is 0 Å². The monoisotopic (exact) mass is 208 g/mol. The fourth-order valence-corrected chi connectivity index (χ4v) is 1.48. The van der Waals surface area contributed by atoms with E-state index in [1.54, 1.807) is 6.20 Å². The molecule has 0 amide bonds. The van der Waals surface area contributed by atoms with Crippen LogP contribution in [-0.4, -0.2) is 16.3 Å². The molecule has 1 aromatic heterocycles. The van der Waals surface area contributed by atoms with Gasteiger partial charge in [-0.2, -0.15) is 0 Å². The highest BCUT2D eigenvalue weighted by Gasteiger charge is 2.00. The molecule has 76 valence electrons. The zero-order valence-corrected chi connectivity index (χ0v) is 8.41. The second-order valence-corrected chi connectivity index (χ2v) is 3.37. The van der Waals surface area contributed by atoms with E-state index in [9.17, 15) is 0 Å². The fraction of sp³-hybridized carbons (Fsp3) is 0. The summed E-state index contributed by atoms with van der Waals surface area (Å²) in [6, 6.07) is 9.94. The summed E-state index contributed by atoms with van der Waals surface area (Å²) in [5.74, 6) is 0.636. The molecule has 3 rings (SSSR count). The standard InChI is InChI=1S/C12H8N4/c1-2-4-9(5-3-1)6-11-13-7-10-12(16-11)15-8-14-10/h1-8H. The summed E-state index contributed by atoms with van der Waals surface area (Å²) >= 11 is 0. The van der Waals surface area contributed by atoms with E-state index in [1.807, 2.05) is 36.4 Å². The molecule has 0 fully saturated rings. The van der Waals surface area contributed by atoms with Crippen molar-refractivity contribution in [1.82, 2.24) is 9.97 Å². The van der Waals surface area contributed by atoms with Crippen molar-refractivity contribution in [1.29, 1.82) is 0 Å². The van der Waals surface area contributed by atoms with Crippen LogP contribution >= 0.6 is 0 Å². The quantitative estimate of drug-likeness (QED) is 0.689. The van der Waals surface area contributed by atoms with Gasteiger partial charge in [0.1, 0.15) is 11.7 Å². The second-order valence-electron chi connectivity index (χ2n) is 3.37. The molecule has 4 heteroatoms. The van der Waals surface area contributed by atoms with Gasteiger partial charge in [0.15, 0.2) is 11.3 Å². The van der Waals surface area contributed by atoms with Crippen molar-refractivity contribution in [2.45, 2.75) is 0 Å². The van der Waals surface area contributed by atoms with E-state index >= 15 is 0 Å². The third kappa shape index (κ3) is 1.61. The lowest BCUT2D eigenvalue weighted by Gasteiger charge is -1.91. The number of benzene rings is 1. The van der Waals surface area contributed by atoms with Gasteiger partial charge in [0.2, 0.25) is 0 Å². The molecule has 4 nitrogen and oxygen atoms in total. The first-order chi connectivity index (χ1) is 7.92. The Morgan fingerprint density at radius 2 is 1.94 bits per heavy atom. The lowest BCUT2D eigenvalue weighted by atomic mass is 10.2. The highest BCUT2D eigenvalue weighted by Crippen LogP contribution is 2.00. The van der Waals surface area contributed by atoms with Gasteiger partial charge in [-0.1, -0.05) is 30.3 Å². The molecule has 0 N–H and O–H groups in total. The predicted octanol–water partition coefficient (Wildman–Crippen LogP) is 0.598. The Morgan fingerprint density at radius 1 is 1.06 bits per heavy atom. The topological polar surface area (TPSA) is 50.5 Å². The smallest absolute Gasteiger partial charge is 0.183 e. The van der Waals surface area contributed by atoms with Crippen molar-refractivity contribution in [3.8, 4) is 0 Å². The number of hydrogen-bond acceptors (Lipinski definition) is 4. The summed E-state index contributed by atoms with van der Waals surface area (Å²) in [4.78, 5) is 16.6. The molecule has 16 heavy (non-hydrogen) atoms. The molecule has 1 aliphatic heterocycles. The minimum absolute atomic E-state index is 0.636. The number of hydrogen-bond donors (Lipinski definition) is 0. The van der Waals surface area contributed by atoms with Crippen LogP contribution in [0.3, 0.4) is 0 Å². The fourth-order valence-electron chi connectivity index (χ4n) is 1.48. The van der Waals surface area contributed by atoms with E-state index in [0.29, 0.717) is 11.3 Å². The number of rotatable bonds is 1. The van der Waals surface area contributed by atoms with E-state index in [0.717, 1.165) is 10.9 Å². The maximum Gasteiger partial charge on any atom is 0.183 e. The normalized spacial score (nSPS) is 13.6. The molecule has 2 aromatic rings. The van der Waals surface area contributed by atoms with Gasteiger partial charge in [-0.05, 0) is 11.6 Å². The van der Waals surface area contributed by atoms with E-state index in [2.05, 4.69) is 20.0 Å². The van der Waals surface area contributed by atoms with Crippen LogP contribution in [0, 0.1) is 0 Å². The number of aliphatic imine (C=N–C) groups is 1. The van der Waals surface area contributed by atoms with E-state index in [1.165, 1.54) is 6.34 Å². The summed E-state index contributed by atoms with van der Waals surface area (Å²) in [7, 11) is 0. The number of fused-ring (bicyclic) bond motifs is 1. The predicted molar refractivity (Wildman–Crippen MR) is 61.0 cm³/mol. The van der Waals surface area contributed by atoms with Crippen LogP contribution in [0.15, 0.2) is 46.5 Å². The van der Waals surface area contributed by atoms with Crippen LogP contribution in [0.25, 0.3) is 6.08 Å². The van der Waals surface area contributed by atoms with Crippen molar-refractivity contribution in [3.63, 3.8) is 0 Å². The van der Waals surface area contributed by atoms with Gasteiger partial charge >= 0.3 is 0 Å². The molecule has 0 saturated heterocycles. The molecule has 0 atom stereocenters. The highest BCUT2D eigenvalue weighted by molar-refractivity contribution is 5.64. The third-order valence-electron chi connectivity index (χ3n) is 2.24. The largest absolute Gasteiger partial charge is 0.235 e. The average Bonchev–Trinajstić information content (AvgIpc) is 2.77. The average molecular weight is 208 g/mol. The molecule has 2 heterocycles. The summed E-state index contributed by atoms with van der Waals surface area (Å²) < 4.78 is 0. The van der Waals surface area contributed by atoms with Gasteiger partial charge in [-0.15, -0.1) is 0 Å². The van der Waals surface area contributed by atoms with Gasteiger partial charge in [0.05, 0.1) is 6.20 Å². The van der Waals surface area contributed by atoms with Gasteiger partial charge in [-0.3, -0.25) is 0 Å². The summed E-state index contributed by atoms with van der Waals surface area (Å²) in [5.41, 5.74) is 1.72. The van der Waals surface area contributed by atoms with Crippen LogP contribution in [0.1, 0.15) is 5.56 Å². The molecule has 0 radical (unpaired) electrons. The summed E-state index contributed by atoms with van der Waals surface area (Å²) in [6.45, 7) is 0. The Bertz CT molecular complexity index is 659. The van der Waals surface area contributed by atoms with Crippen molar-refractivity contribution < 1.29 is 0 Å². The van der Waals surface area contributed by atoms with Crippen LogP contribution in [0.5, 0.6) is 0 Å². The van der Waals surface area contributed by atoms with E-state index in [-0.39, 0.29) is 0 Å². The van der Waals surface area contributed by atoms with Crippen molar-refractivity contribution in [3.05, 3.63) is 52.9 Å². The molecular formula is C12H8N4. The Balaban J connectivity index is 2.12. The lowest BCUT2D eigenvalue weighted by molar-refractivity contribution is 1.06. The lowest BCUT2D eigenvalue weighted by Crippen LogP contribution is -2.17. The highest BCUT2D eigenvalue weighted by atomic mass is 15.0. The Hall–Kier alpha value is -2.36. The Kier molecular flexibility index (Phi) is 2.04.